The zero-order valence-electron chi connectivity index (χ0n) is 8.99. The molecule has 0 unspecified atom stereocenters. The smallest absolute Gasteiger partial charge is 0.116 e. The summed E-state index contributed by atoms with van der Waals surface area (Å²) >= 11 is 0. The van der Waals surface area contributed by atoms with E-state index in [0.29, 0.717) is 5.92 Å². The second-order valence-electron chi connectivity index (χ2n) is 3.42. The summed E-state index contributed by atoms with van der Waals surface area (Å²) in [4.78, 5) is 8.47. The summed E-state index contributed by atoms with van der Waals surface area (Å²) < 4.78 is 0. The van der Waals surface area contributed by atoms with Crippen LogP contribution in [-0.4, -0.2) is 9.97 Å². The van der Waals surface area contributed by atoms with Crippen LogP contribution in [0.4, 0.5) is 0 Å². The Labute approximate surface area is 85.4 Å². The lowest BCUT2D eigenvalue weighted by atomic mass is 10.0. The first-order valence-electron chi connectivity index (χ1n) is 4.80. The Hall–Kier alpha value is -1.44. The number of aromatic nitrogens is 2. The largest absolute Gasteiger partial charge is 0.240 e. The molecule has 74 valence electrons. The van der Waals surface area contributed by atoms with Gasteiger partial charge in [0.25, 0.3) is 0 Å². The first-order chi connectivity index (χ1) is 6.70. The number of nitrogens with zero attached hydrogens (tertiary/aromatic N) is 2. The predicted octanol–water partition coefficient (Wildman–Crippen LogP) is 3.28. The molecule has 0 aliphatic carbocycles. The van der Waals surface area contributed by atoms with Gasteiger partial charge >= 0.3 is 0 Å². The maximum absolute atomic E-state index is 4.30. The van der Waals surface area contributed by atoms with Crippen molar-refractivity contribution in [1.82, 2.24) is 9.97 Å². The molecule has 2 heteroatoms. The van der Waals surface area contributed by atoms with Crippen molar-refractivity contribution in [3.05, 3.63) is 35.9 Å². The molecule has 1 rings (SSSR count). The molecule has 0 saturated heterocycles. The van der Waals surface area contributed by atoms with E-state index >= 15 is 0 Å². The lowest BCUT2D eigenvalue weighted by Crippen LogP contribution is -2.00. The number of hydrogen-bond acceptors (Lipinski definition) is 2. The van der Waals surface area contributed by atoms with Gasteiger partial charge in [0.2, 0.25) is 0 Å². The Morgan fingerprint density at radius 3 is 2.57 bits per heavy atom. The van der Waals surface area contributed by atoms with Crippen LogP contribution < -0.4 is 0 Å². The van der Waals surface area contributed by atoms with Crippen molar-refractivity contribution >= 4 is 12.2 Å². The summed E-state index contributed by atoms with van der Waals surface area (Å²) in [5.41, 5.74) is 3.06. The van der Waals surface area contributed by atoms with Crippen molar-refractivity contribution in [3.63, 3.8) is 0 Å². The van der Waals surface area contributed by atoms with E-state index in [-0.39, 0.29) is 0 Å². The Balaban J connectivity index is 3.34. The molecule has 1 aromatic rings. The van der Waals surface area contributed by atoms with E-state index in [1.54, 1.807) is 12.4 Å². The average molecular weight is 188 g/mol. The fourth-order valence-electron chi connectivity index (χ4n) is 1.38. The molecule has 0 saturated carbocycles. The molecular formula is C12H16N2. The molecule has 0 atom stereocenters. The van der Waals surface area contributed by atoms with Crippen LogP contribution in [0.5, 0.6) is 0 Å². The molecule has 0 amide bonds. The van der Waals surface area contributed by atoms with Gasteiger partial charge in [-0.05, 0) is 18.9 Å². The highest BCUT2D eigenvalue weighted by atomic mass is 14.8. The summed E-state index contributed by atoms with van der Waals surface area (Å²) in [7, 11) is 0. The van der Waals surface area contributed by atoms with Crippen LogP contribution in [0.15, 0.2) is 19.0 Å². The number of rotatable bonds is 3. The van der Waals surface area contributed by atoms with Crippen LogP contribution in [0, 0.1) is 0 Å². The van der Waals surface area contributed by atoms with Crippen LogP contribution in [0.25, 0.3) is 12.2 Å². The minimum Gasteiger partial charge on any atom is -0.240 e. The SMILES string of the molecule is C=Cc1ncnc(C(C)C)c1/C=C\C. The topological polar surface area (TPSA) is 25.8 Å². The van der Waals surface area contributed by atoms with Crippen molar-refractivity contribution in [2.45, 2.75) is 26.7 Å². The highest BCUT2D eigenvalue weighted by molar-refractivity contribution is 5.63. The molecule has 0 bridgehead atoms. The van der Waals surface area contributed by atoms with Gasteiger partial charge in [0.05, 0.1) is 11.4 Å². The maximum Gasteiger partial charge on any atom is 0.116 e. The molecule has 1 aromatic heterocycles. The van der Waals surface area contributed by atoms with E-state index in [2.05, 4.69) is 30.4 Å². The lowest BCUT2D eigenvalue weighted by molar-refractivity contribution is 0.809. The molecule has 0 fully saturated rings. The minimum absolute atomic E-state index is 0.405. The van der Waals surface area contributed by atoms with E-state index in [9.17, 15) is 0 Å². The second-order valence-corrected chi connectivity index (χ2v) is 3.42. The molecule has 0 aromatic carbocycles. The highest BCUT2D eigenvalue weighted by Gasteiger charge is 2.09. The zero-order valence-corrected chi connectivity index (χ0v) is 8.99. The third-order valence-corrected chi connectivity index (χ3v) is 2.02. The van der Waals surface area contributed by atoms with Crippen LogP contribution in [0.2, 0.25) is 0 Å². The Morgan fingerprint density at radius 1 is 1.36 bits per heavy atom. The summed E-state index contributed by atoms with van der Waals surface area (Å²) in [5, 5.41) is 0. The van der Waals surface area contributed by atoms with E-state index in [1.165, 1.54) is 0 Å². The van der Waals surface area contributed by atoms with Crippen LogP contribution in [0.3, 0.4) is 0 Å². The molecule has 0 aliphatic rings. The summed E-state index contributed by atoms with van der Waals surface area (Å²) in [6.45, 7) is 9.99. The molecule has 0 N–H and O–H groups in total. The molecule has 1 heterocycles. The van der Waals surface area contributed by atoms with Gasteiger partial charge in [0.15, 0.2) is 0 Å². The van der Waals surface area contributed by atoms with Crippen LogP contribution in [0.1, 0.15) is 43.6 Å². The standard InChI is InChI=1S/C12H16N2/c1-5-7-10-11(6-2)13-8-14-12(10)9(3)4/h5-9H,2H2,1,3-4H3/b7-5-. The molecule has 0 spiro atoms. The van der Waals surface area contributed by atoms with Gasteiger partial charge in [-0.1, -0.05) is 32.6 Å². The fraction of sp³-hybridized carbons (Fsp3) is 0.333. The van der Waals surface area contributed by atoms with Gasteiger partial charge in [0.1, 0.15) is 6.33 Å². The van der Waals surface area contributed by atoms with E-state index in [0.717, 1.165) is 17.0 Å². The van der Waals surface area contributed by atoms with Crippen molar-refractivity contribution in [3.8, 4) is 0 Å². The average Bonchev–Trinajstić information content (AvgIpc) is 2.18. The van der Waals surface area contributed by atoms with Gasteiger partial charge in [-0.15, -0.1) is 0 Å². The van der Waals surface area contributed by atoms with Gasteiger partial charge in [-0.2, -0.15) is 0 Å². The first-order valence-corrected chi connectivity index (χ1v) is 4.80. The third kappa shape index (κ3) is 2.08. The van der Waals surface area contributed by atoms with Crippen molar-refractivity contribution in [1.29, 1.82) is 0 Å². The monoisotopic (exact) mass is 188 g/mol. The van der Waals surface area contributed by atoms with Gasteiger partial charge in [0, 0.05) is 5.56 Å². The summed E-state index contributed by atoms with van der Waals surface area (Å²) in [6, 6.07) is 0. The lowest BCUT2D eigenvalue weighted by Gasteiger charge is -2.09. The maximum atomic E-state index is 4.30. The quantitative estimate of drug-likeness (QED) is 0.727. The van der Waals surface area contributed by atoms with Gasteiger partial charge < -0.3 is 0 Å². The van der Waals surface area contributed by atoms with Crippen molar-refractivity contribution in [2.75, 3.05) is 0 Å². The van der Waals surface area contributed by atoms with Gasteiger partial charge in [-0.3, -0.25) is 0 Å². The Bertz CT molecular complexity index is 351. The van der Waals surface area contributed by atoms with E-state index < -0.39 is 0 Å². The third-order valence-electron chi connectivity index (χ3n) is 2.02. The number of hydrogen-bond donors (Lipinski definition) is 0. The normalized spacial score (nSPS) is 11.1. The van der Waals surface area contributed by atoms with Crippen molar-refractivity contribution in [2.24, 2.45) is 0 Å². The molecule has 2 nitrogen and oxygen atoms in total. The first kappa shape index (κ1) is 10.6. The molecular weight excluding hydrogens is 172 g/mol. The predicted molar refractivity (Wildman–Crippen MR) is 60.9 cm³/mol. The second kappa shape index (κ2) is 4.70. The number of allylic oxidation sites excluding steroid dienone is 1. The molecule has 14 heavy (non-hydrogen) atoms. The fourth-order valence-corrected chi connectivity index (χ4v) is 1.38. The Morgan fingerprint density at radius 2 is 2.07 bits per heavy atom. The van der Waals surface area contributed by atoms with Crippen LogP contribution in [-0.2, 0) is 0 Å². The molecule has 0 aliphatic heterocycles. The van der Waals surface area contributed by atoms with E-state index in [1.807, 2.05) is 19.1 Å². The molecule has 0 radical (unpaired) electrons. The minimum atomic E-state index is 0.405. The Kier molecular flexibility index (Phi) is 3.57. The van der Waals surface area contributed by atoms with Crippen LogP contribution >= 0.6 is 0 Å². The summed E-state index contributed by atoms with van der Waals surface area (Å²) in [5.74, 6) is 0.405. The van der Waals surface area contributed by atoms with Gasteiger partial charge in [-0.25, -0.2) is 9.97 Å². The van der Waals surface area contributed by atoms with Crippen molar-refractivity contribution < 1.29 is 0 Å². The van der Waals surface area contributed by atoms with E-state index in [4.69, 9.17) is 0 Å². The highest BCUT2D eigenvalue weighted by Crippen LogP contribution is 2.20. The zero-order chi connectivity index (χ0) is 10.6. The summed E-state index contributed by atoms with van der Waals surface area (Å²) in [6.07, 6.45) is 7.40.